The van der Waals surface area contributed by atoms with Crippen LogP contribution >= 0.6 is 11.6 Å². The molecule has 172 valence electrons. The van der Waals surface area contributed by atoms with E-state index in [9.17, 15) is 19.2 Å². The van der Waals surface area contributed by atoms with Crippen LogP contribution in [0.4, 0.5) is 5.69 Å². The number of nitrogens with zero attached hydrogens (tertiary/aromatic N) is 2. The lowest BCUT2D eigenvalue weighted by Crippen LogP contribution is -2.43. The lowest BCUT2D eigenvalue weighted by molar-refractivity contribution is -0.137. The van der Waals surface area contributed by atoms with Crippen molar-refractivity contribution in [3.8, 4) is 5.75 Å². The van der Waals surface area contributed by atoms with E-state index >= 15 is 0 Å². The van der Waals surface area contributed by atoms with Crippen molar-refractivity contribution in [3.63, 3.8) is 0 Å². The third-order valence-electron chi connectivity index (χ3n) is 5.15. The summed E-state index contributed by atoms with van der Waals surface area (Å²) < 4.78 is 6.84. The van der Waals surface area contributed by atoms with E-state index in [-0.39, 0.29) is 16.2 Å². The van der Waals surface area contributed by atoms with Gasteiger partial charge in [-0.15, -0.1) is 0 Å². The Bertz CT molecular complexity index is 1300. The van der Waals surface area contributed by atoms with Gasteiger partial charge in [0.15, 0.2) is 5.75 Å². The number of rotatable bonds is 5. The predicted octanol–water partition coefficient (Wildman–Crippen LogP) is 4.58. The van der Waals surface area contributed by atoms with Gasteiger partial charge in [0.2, 0.25) is 5.91 Å². The Morgan fingerprint density at radius 3 is 2.15 bits per heavy atom. The van der Waals surface area contributed by atoms with Gasteiger partial charge in [-0.2, -0.15) is 0 Å². The van der Waals surface area contributed by atoms with Crippen molar-refractivity contribution in [2.45, 2.75) is 27.7 Å². The smallest absolute Gasteiger partial charge is 0.313 e. The quantitative estimate of drug-likeness (QED) is 0.511. The number of aryl methyl sites for hydroxylation is 1. The summed E-state index contributed by atoms with van der Waals surface area (Å²) in [5.41, 5.74) is -0.468. The second-order valence-electron chi connectivity index (χ2n) is 8.25. The number of ether oxygens (including phenoxy) is 1. The van der Waals surface area contributed by atoms with Crippen molar-refractivity contribution >= 4 is 46.0 Å². The van der Waals surface area contributed by atoms with Crippen LogP contribution in [0.1, 0.15) is 38.1 Å². The van der Waals surface area contributed by atoms with Gasteiger partial charge >= 0.3 is 5.97 Å². The summed E-state index contributed by atoms with van der Waals surface area (Å²) >= 11 is 6.44. The molecule has 3 rings (SSSR count). The molecule has 0 spiro atoms. The van der Waals surface area contributed by atoms with Gasteiger partial charge in [-0.1, -0.05) is 63.6 Å². The summed E-state index contributed by atoms with van der Waals surface area (Å²) in [6, 6.07) is 13.2. The normalized spacial score (nSPS) is 11.2. The van der Waals surface area contributed by atoms with E-state index in [0.717, 1.165) is 4.90 Å². The Hall–Kier alpha value is -3.45. The number of para-hydroxylation sites is 1. The molecule has 0 radical (unpaired) electrons. The summed E-state index contributed by atoms with van der Waals surface area (Å²) in [6.45, 7) is 6.57. The molecule has 0 saturated carbocycles. The molecular weight excluding hydrogens is 444 g/mol. The minimum Gasteiger partial charge on any atom is -0.424 e. The second kappa shape index (κ2) is 9.58. The molecule has 0 atom stereocenters. The number of benzene rings is 2. The minimum atomic E-state index is -0.895. The fraction of sp³-hybridized carbons (Fsp3) is 0.280. The number of hydrogen-bond donors (Lipinski definition) is 0. The van der Waals surface area contributed by atoms with Gasteiger partial charge in [0.1, 0.15) is 5.56 Å². The number of fused-ring (bicyclic) bond motifs is 1. The molecule has 0 fully saturated rings. The Morgan fingerprint density at radius 1 is 0.939 bits per heavy atom. The van der Waals surface area contributed by atoms with E-state index in [1.54, 1.807) is 76.2 Å². The summed E-state index contributed by atoms with van der Waals surface area (Å²) in [6.07, 6.45) is 0. The van der Waals surface area contributed by atoms with Crippen LogP contribution in [0.5, 0.6) is 5.75 Å². The fourth-order valence-electron chi connectivity index (χ4n) is 3.32. The highest BCUT2D eigenvalue weighted by atomic mass is 35.5. The summed E-state index contributed by atoms with van der Waals surface area (Å²) in [7, 11) is 1.49. The zero-order valence-corrected chi connectivity index (χ0v) is 19.8. The zero-order chi connectivity index (χ0) is 24.4. The maximum absolute atomic E-state index is 13.8. The third kappa shape index (κ3) is 4.54. The predicted molar refractivity (Wildman–Crippen MR) is 128 cm³/mol. The number of aromatic nitrogens is 1. The molecule has 33 heavy (non-hydrogen) atoms. The van der Waals surface area contributed by atoms with Gasteiger partial charge in [-0.05, 0) is 24.3 Å². The summed E-state index contributed by atoms with van der Waals surface area (Å²) in [5.74, 6) is -3.36. The van der Waals surface area contributed by atoms with Crippen LogP contribution < -0.4 is 15.2 Å². The van der Waals surface area contributed by atoms with E-state index in [4.69, 9.17) is 16.3 Å². The number of halogens is 1. The Labute approximate surface area is 196 Å². The molecule has 8 heteroatoms. The number of hydrogen-bond acceptors (Lipinski definition) is 5. The molecule has 2 amide bonds. The number of anilines is 1. The van der Waals surface area contributed by atoms with E-state index in [0.29, 0.717) is 11.2 Å². The van der Waals surface area contributed by atoms with Crippen molar-refractivity contribution in [3.05, 3.63) is 69.5 Å². The minimum absolute atomic E-state index is 0.199. The number of carbonyl (C=O) groups is 3. The van der Waals surface area contributed by atoms with Crippen LogP contribution in [0.2, 0.25) is 5.02 Å². The van der Waals surface area contributed by atoms with Gasteiger partial charge in [-0.25, -0.2) is 4.90 Å². The lowest BCUT2D eigenvalue weighted by Gasteiger charge is -2.24. The van der Waals surface area contributed by atoms with Crippen LogP contribution in [0.3, 0.4) is 0 Å². The average Bonchev–Trinajstić information content (AvgIpc) is 2.77. The van der Waals surface area contributed by atoms with Crippen molar-refractivity contribution < 1.29 is 19.1 Å². The number of imide groups is 1. The molecule has 1 aromatic heterocycles. The van der Waals surface area contributed by atoms with Crippen LogP contribution in [-0.2, 0) is 16.6 Å². The number of esters is 1. The molecule has 0 bridgehead atoms. The summed E-state index contributed by atoms with van der Waals surface area (Å²) in [5, 5.41) is 0.439. The topological polar surface area (TPSA) is 85.7 Å². The monoisotopic (exact) mass is 468 g/mol. The second-order valence-corrected chi connectivity index (χ2v) is 8.65. The van der Waals surface area contributed by atoms with Gasteiger partial charge < -0.3 is 9.30 Å². The molecule has 0 unspecified atom stereocenters. The first-order chi connectivity index (χ1) is 15.6. The average molecular weight is 469 g/mol. The first-order valence-electron chi connectivity index (χ1n) is 10.5. The highest BCUT2D eigenvalue weighted by Crippen LogP contribution is 2.35. The van der Waals surface area contributed by atoms with Gasteiger partial charge in [0, 0.05) is 13.0 Å². The SMILES string of the molecule is CC(C)C(=O)Oc1c(C(=O)N(C(=O)C(C)C)c2ccccc2)c(=O)n(C)c2cccc(Cl)c12. The highest BCUT2D eigenvalue weighted by molar-refractivity contribution is 6.36. The van der Waals surface area contributed by atoms with Crippen LogP contribution in [-0.4, -0.2) is 22.4 Å². The van der Waals surface area contributed by atoms with Gasteiger partial charge in [0.25, 0.3) is 11.5 Å². The number of pyridine rings is 1. The molecule has 2 aromatic carbocycles. The first-order valence-corrected chi connectivity index (χ1v) is 10.9. The van der Waals surface area contributed by atoms with Crippen LogP contribution in [0.15, 0.2) is 53.3 Å². The first kappa shape index (κ1) is 24.2. The Balaban J connectivity index is 2.39. The summed E-state index contributed by atoms with van der Waals surface area (Å²) in [4.78, 5) is 53.8. The molecule has 7 nitrogen and oxygen atoms in total. The maximum atomic E-state index is 13.8. The van der Waals surface area contributed by atoms with Crippen molar-refractivity contribution in [1.29, 1.82) is 0 Å². The molecule has 1 heterocycles. The van der Waals surface area contributed by atoms with Crippen molar-refractivity contribution in [2.75, 3.05) is 4.90 Å². The molecule has 0 saturated heterocycles. The van der Waals surface area contributed by atoms with E-state index in [2.05, 4.69) is 0 Å². The van der Waals surface area contributed by atoms with E-state index < -0.39 is 40.7 Å². The Morgan fingerprint density at radius 2 is 1.58 bits per heavy atom. The highest BCUT2D eigenvalue weighted by Gasteiger charge is 2.34. The Kier molecular flexibility index (Phi) is 7.03. The van der Waals surface area contributed by atoms with Gasteiger partial charge in [0.05, 0.1) is 27.5 Å². The van der Waals surface area contributed by atoms with Crippen LogP contribution in [0, 0.1) is 11.8 Å². The fourth-order valence-corrected chi connectivity index (χ4v) is 3.57. The lowest BCUT2D eigenvalue weighted by atomic mass is 10.1. The maximum Gasteiger partial charge on any atom is 0.313 e. The molecule has 0 aliphatic heterocycles. The largest absolute Gasteiger partial charge is 0.424 e. The molecule has 0 N–H and O–H groups in total. The van der Waals surface area contributed by atoms with E-state index in [1.165, 1.54) is 11.6 Å². The number of amides is 2. The van der Waals surface area contributed by atoms with Crippen molar-refractivity contribution in [1.82, 2.24) is 4.57 Å². The third-order valence-corrected chi connectivity index (χ3v) is 5.46. The van der Waals surface area contributed by atoms with Crippen molar-refractivity contribution in [2.24, 2.45) is 18.9 Å². The standard InChI is InChI=1S/C25H25ClN2O5/c1-14(2)22(29)28(16-10-7-6-8-11-16)24(31)20-21(33-25(32)15(3)4)19-17(26)12-9-13-18(19)27(5)23(20)30/h6-15H,1-5H3. The van der Waals surface area contributed by atoms with Gasteiger partial charge in [-0.3, -0.25) is 19.2 Å². The number of carbonyl (C=O) groups excluding carboxylic acids is 3. The molecule has 3 aromatic rings. The molecule has 0 aliphatic carbocycles. The molecular formula is C25H25ClN2O5. The van der Waals surface area contributed by atoms with Crippen LogP contribution in [0.25, 0.3) is 10.9 Å². The molecule has 0 aliphatic rings. The zero-order valence-electron chi connectivity index (χ0n) is 19.1. The van der Waals surface area contributed by atoms with E-state index in [1.807, 2.05) is 0 Å².